The monoisotopic (exact) mass is 809 g/mol. The molecule has 1 heterocycles. The van der Waals surface area contributed by atoms with E-state index in [9.17, 15) is 0 Å². The molecule has 1 heteroatoms. The normalized spacial score (nSPS) is 11.8. The number of hydrogen-bond acceptors (Lipinski definition) is 1. The van der Waals surface area contributed by atoms with Crippen molar-refractivity contribution in [2.24, 2.45) is 0 Å². The number of pyridine rings is 1. The molecule has 0 atom stereocenters. The van der Waals surface area contributed by atoms with Gasteiger partial charge in [-0.05, 0) is 163 Å². The molecule has 0 amide bonds. The molecule has 0 spiro atoms. The zero-order valence-corrected chi connectivity index (χ0v) is 35.0. The summed E-state index contributed by atoms with van der Waals surface area (Å²) in [5.74, 6) is 0. The van der Waals surface area contributed by atoms with Crippen molar-refractivity contribution < 1.29 is 0 Å². The predicted octanol–water partition coefficient (Wildman–Crippen LogP) is 17.5. The van der Waals surface area contributed by atoms with Gasteiger partial charge in [-0.3, -0.25) is 4.98 Å². The number of rotatable bonds is 5. The Morgan fingerprint density at radius 3 is 1.20 bits per heavy atom. The lowest BCUT2D eigenvalue weighted by Gasteiger charge is -2.20. The largest absolute Gasteiger partial charge is 0.256 e. The molecule has 0 aliphatic heterocycles. The van der Waals surface area contributed by atoms with Gasteiger partial charge in [0.15, 0.2) is 0 Å². The highest BCUT2D eigenvalue weighted by Crippen LogP contribution is 2.47. The summed E-state index contributed by atoms with van der Waals surface area (Å²) in [5.41, 5.74) is 13.1. The Kier molecular flexibility index (Phi) is 8.29. The minimum absolute atomic E-state index is 1.01. The average Bonchev–Trinajstić information content (AvgIpc) is 3.37. The molecule has 13 rings (SSSR count). The van der Waals surface area contributed by atoms with Crippen molar-refractivity contribution in [3.63, 3.8) is 0 Å². The summed E-state index contributed by atoms with van der Waals surface area (Å²) >= 11 is 0. The highest BCUT2D eigenvalue weighted by molar-refractivity contribution is 6.23. The van der Waals surface area contributed by atoms with Gasteiger partial charge in [-0.15, -0.1) is 0 Å². The molecule has 0 fully saturated rings. The molecule has 0 bridgehead atoms. The van der Waals surface area contributed by atoms with Crippen LogP contribution >= 0.6 is 0 Å². The Morgan fingerprint density at radius 1 is 0.219 bits per heavy atom. The molecule has 64 heavy (non-hydrogen) atoms. The highest BCUT2D eigenvalue weighted by atomic mass is 14.6. The van der Waals surface area contributed by atoms with Crippen LogP contribution in [-0.4, -0.2) is 4.98 Å². The van der Waals surface area contributed by atoms with Crippen LogP contribution in [0.3, 0.4) is 0 Å². The fourth-order valence-electron chi connectivity index (χ4n) is 10.3. The fourth-order valence-corrected chi connectivity index (χ4v) is 10.3. The third-order valence-corrected chi connectivity index (χ3v) is 13.4. The van der Waals surface area contributed by atoms with Crippen molar-refractivity contribution in [1.29, 1.82) is 0 Å². The van der Waals surface area contributed by atoms with Gasteiger partial charge in [0, 0.05) is 11.6 Å². The maximum Gasteiger partial charge on any atom is 0.0714 e. The molecule has 13 aromatic rings. The van der Waals surface area contributed by atoms with E-state index in [0.717, 1.165) is 5.52 Å². The van der Waals surface area contributed by atoms with Crippen molar-refractivity contribution in [1.82, 2.24) is 4.98 Å². The summed E-state index contributed by atoms with van der Waals surface area (Å²) in [7, 11) is 0. The van der Waals surface area contributed by atoms with Crippen molar-refractivity contribution in [3.8, 4) is 55.6 Å². The Labute approximate surface area is 371 Å². The summed E-state index contributed by atoms with van der Waals surface area (Å²) < 4.78 is 0. The maximum atomic E-state index is 4.76. The van der Waals surface area contributed by atoms with Crippen molar-refractivity contribution in [2.45, 2.75) is 0 Å². The first-order chi connectivity index (χ1) is 31.7. The van der Waals surface area contributed by atoms with E-state index in [-0.39, 0.29) is 0 Å². The molecule has 1 nitrogen and oxygen atoms in total. The minimum Gasteiger partial charge on any atom is -0.256 e. The number of fused-ring (bicyclic) bond motifs is 8. The van der Waals surface area contributed by atoms with Crippen molar-refractivity contribution in [3.05, 3.63) is 237 Å². The Hall–Kier alpha value is -8.39. The van der Waals surface area contributed by atoms with Gasteiger partial charge in [-0.2, -0.15) is 0 Å². The van der Waals surface area contributed by atoms with Gasteiger partial charge in [0.2, 0.25) is 0 Å². The van der Waals surface area contributed by atoms with E-state index in [0.29, 0.717) is 0 Å². The van der Waals surface area contributed by atoms with E-state index < -0.39 is 0 Å². The first-order valence-electron chi connectivity index (χ1n) is 22.1. The summed E-state index contributed by atoms with van der Waals surface area (Å²) in [4.78, 5) is 4.76. The number of hydrogen-bond donors (Lipinski definition) is 0. The molecule has 0 saturated heterocycles. The second-order valence-corrected chi connectivity index (χ2v) is 17.1. The topological polar surface area (TPSA) is 12.9 Å². The summed E-state index contributed by atoms with van der Waals surface area (Å²) in [6.45, 7) is 0. The van der Waals surface area contributed by atoms with Crippen LogP contribution in [0.4, 0.5) is 0 Å². The first-order valence-corrected chi connectivity index (χ1v) is 22.1. The minimum atomic E-state index is 1.01. The van der Waals surface area contributed by atoms with E-state index in [1.165, 1.54) is 126 Å². The van der Waals surface area contributed by atoms with E-state index in [1.54, 1.807) is 0 Å². The van der Waals surface area contributed by atoms with Crippen LogP contribution in [0.2, 0.25) is 0 Å². The first kappa shape index (κ1) is 36.3. The zero-order chi connectivity index (χ0) is 42.1. The van der Waals surface area contributed by atoms with Gasteiger partial charge in [0.1, 0.15) is 0 Å². The molecule has 0 aliphatic carbocycles. The van der Waals surface area contributed by atoms with E-state index >= 15 is 0 Å². The zero-order valence-electron chi connectivity index (χ0n) is 35.0. The quantitative estimate of drug-likeness (QED) is 0.125. The number of benzene rings is 12. The number of aromatic nitrogens is 1. The van der Waals surface area contributed by atoms with Gasteiger partial charge in [0.25, 0.3) is 0 Å². The van der Waals surface area contributed by atoms with E-state index in [1.807, 2.05) is 12.3 Å². The summed E-state index contributed by atoms with van der Waals surface area (Å²) in [6.07, 6.45) is 1.88. The van der Waals surface area contributed by atoms with Crippen LogP contribution in [-0.2, 0) is 0 Å². The lowest BCUT2D eigenvalue weighted by Crippen LogP contribution is -1.93. The second-order valence-electron chi connectivity index (χ2n) is 17.1. The van der Waals surface area contributed by atoms with Crippen LogP contribution in [0.25, 0.3) is 131 Å². The molecule has 12 aromatic carbocycles. The van der Waals surface area contributed by atoms with Crippen LogP contribution in [0.1, 0.15) is 0 Å². The van der Waals surface area contributed by atoms with Crippen LogP contribution < -0.4 is 0 Å². The van der Waals surface area contributed by atoms with Crippen molar-refractivity contribution >= 4 is 75.5 Å². The Bertz CT molecular complexity index is 4010. The summed E-state index contributed by atoms with van der Waals surface area (Å²) in [6, 6.07) is 85.3. The third-order valence-electron chi connectivity index (χ3n) is 13.4. The molecule has 0 unspecified atom stereocenters. The van der Waals surface area contributed by atoms with Crippen molar-refractivity contribution in [2.75, 3.05) is 0 Å². The standard InChI is InChI=1S/C63H39N/c1-4-13-45-34-48(26-21-40(45)10-1)50-30-32-57-60(38-50)63(52-28-23-42-12-3-6-15-47(42)36-52)56-31-29-49(37-59(56)62(57)51-27-22-41-11-2-5-14-46(41)35-51)43-19-24-44(25-20-43)58-39-61-55(18-9-33-64-61)53-16-7-8-17-54(53)58/h1-39H. The van der Waals surface area contributed by atoms with Crippen LogP contribution in [0, 0.1) is 0 Å². The van der Waals surface area contributed by atoms with Crippen LogP contribution in [0.5, 0.6) is 0 Å². The fraction of sp³-hybridized carbons (Fsp3) is 0. The van der Waals surface area contributed by atoms with Gasteiger partial charge in [0.05, 0.1) is 5.52 Å². The molecule has 296 valence electrons. The molecule has 0 radical (unpaired) electrons. The SMILES string of the molecule is c1ccc2cc(-c3ccc4c(-c5ccc6ccccc6c5)c5cc(-c6ccc(-c7cc8ncccc8c8ccccc78)cc6)ccc5c(-c5ccc6ccccc6c5)c4c3)ccc2c1. The maximum absolute atomic E-state index is 4.76. The molecule has 1 aromatic heterocycles. The third kappa shape index (κ3) is 5.97. The highest BCUT2D eigenvalue weighted by Gasteiger charge is 2.20. The van der Waals surface area contributed by atoms with Gasteiger partial charge in [-0.25, -0.2) is 0 Å². The molecule has 0 N–H and O–H groups in total. The summed E-state index contributed by atoms with van der Waals surface area (Å²) in [5, 5.41) is 16.0. The molecular weight excluding hydrogens is 771 g/mol. The molecule has 0 aliphatic rings. The number of nitrogens with zero attached hydrogens (tertiary/aromatic N) is 1. The van der Waals surface area contributed by atoms with Gasteiger partial charge >= 0.3 is 0 Å². The second kappa shape index (κ2) is 14.6. The van der Waals surface area contributed by atoms with E-state index in [4.69, 9.17) is 4.98 Å². The Morgan fingerprint density at radius 2 is 0.625 bits per heavy atom. The van der Waals surface area contributed by atoms with Gasteiger partial charge < -0.3 is 0 Å². The molecular formula is C63H39N. The van der Waals surface area contributed by atoms with E-state index in [2.05, 4.69) is 224 Å². The smallest absolute Gasteiger partial charge is 0.0714 e. The predicted molar refractivity (Wildman–Crippen MR) is 274 cm³/mol. The lowest BCUT2D eigenvalue weighted by atomic mass is 9.83. The van der Waals surface area contributed by atoms with Gasteiger partial charge in [-0.1, -0.05) is 188 Å². The Balaban J connectivity index is 1.06. The van der Waals surface area contributed by atoms with Crippen LogP contribution in [0.15, 0.2) is 237 Å². The lowest BCUT2D eigenvalue weighted by molar-refractivity contribution is 1.42. The average molecular weight is 810 g/mol. The molecule has 0 saturated carbocycles.